The summed E-state index contributed by atoms with van der Waals surface area (Å²) in [7, 11) is 0. The van der Waals surface area contributed by atoms with Gasteiger partial charge in [-0.25, -0.2) is 0 Å². The first kappa shape index (κ1) is 17.0. The minimum absolute atomic E-state index is 0.194. The number of thiophene rings is 1. The number of nitrogens with one attached hydrogen (secondary N) is 2. The quantitative estimate of drug-likeness (QED) is 0.790. The van der Waals surface area contributed by atoms with E-state index in [1.165, 1.54) is 30.6 Å². The summed E-state index contributed by atoms with van der Waals surface area (Å²) in [6.07, 6.45) is 6.55. The van der Waals surface area contributed by atoms with Crippen LogP contribution in [0.5, 0.6) is 0 Å². The molecule has 134 valence electrons. The molecule has 1 aromatic carbocycles. The van der Waals surface area contributed by atoms with E-state index >= 15 is 0 Å². The molecule has 0 aliphatic heterocycles. The summed E-state index contributed by atoms with van der Waals surface area (Å²) in [5.74, 6) is 0.891. The summed E-state index contributed by atoms with van der Waals surface area (Å²) >= 11 is 1.54. The number of carbonyl (C=O) groups is 2. The zero-order valence-electron chi connectivity index (χ0n) is 14.5. The Balaban J connectivity index is 1.51. The molecule has 0 saturated heterocycles. The first-order valence-electron chi connectivity index (χ1n) is 9.11. The average molecular weight is 366 g/mol. The van der Waals surface area contributed by atoms with Crippen LogP contribution in [0, 0.1) is 11.8 Å². The number of amides is 2. The molecule has 1 heterocycles. The fourth-order valence-electron chi connectivity index (χ4n) is 4.13. The number of fused-ring (bicyclic) bond motifs is 2. The summed E-state index contributed by atoms with van der Waals surface area (Å²) in [4.78, 5) is 26.3. The number of hydrogen-bond acceptors (Lipinski definition) is 3. The zero-order chi connectivity index (χ0) is 17.9. The molecule has 2 fully saturated rings. The van der Waals surface area contributed by atoms with E-state index in [0.29, 0.717) is 17.2 Å². The van der Waals surface area contributed by atoms with E-state index in [-0.39, 0.29) is 17.9 Å². The molecule has 2 aromatic rings. The Morgan fingerprint density at radius 2 is 1.88 bits per heavy atom. The van der Waals surface area contributed by atoms with Gasteiger partial charge in [-0.3, -0.25) is 9.59 Å². The molecular weight excluding hydrogens is 344 g/mol. The molecule has 2 saturated carbocycles. The maximum atomic E-state index is 12.9. The lowest BCUT2D eigenvalue weighted by Gasteiger charge is -2.23. The van der Waals surface area contributed by atoms with E-state index in [2.05, 4.69) is 10.6 Å². The number of carbonyl (C=O) groups excluding carboxylic acids is 2. The SMILES string of the molecule is O=C(N[C@H]1C[C@@H]2CC[C@@H]1C2)/C(=C/c1cccs1)NC(=O)c1ccccc1. The van der Waals surface area contributed by atoms with Crippen molar-refractivity contribution in [3.05, 3.63) is 64.0 Å². The summed E-state index contributed by atoms with van der Waals surface area (Å²) in [6, 6.07) is 13.1. The highest BCUT2D eigenvalue weighted by atomic mass is 32.1. The second-order valence-electron chi connectivity index (χ2n) is 7.15. The van der Waals surface area contributed by atoms with Crippen LogP contribution in [0.2, 0.25) is 0 Å². The Morgan fingerprint density at radius 1 is 1.04 bits per heavy atom. The Kier molecular flexibility index (Phi) is 4.89. The van der Waals surface area contributed by atoms with Gasteiger partial charge in [0.15, 0.2) is 0 Å². The Labute approximate surface area is 157 Å². The largest absolute Gasteiger partial charge is 0.348 e. The summed E-state index contributed by atoms with van der Waals surface area (Å²) < 4.78 is 0. The fourth-order valence-corrected chi connectivity index (χ4v) is 4.78. The molecule has 26 heavy (non-hydrogen) atoms. The van der Waals surface area contributed by atoms with Crippen molar-refractivity contribution in [3.63, 3.8) is 0 Å². The Hall–Kier alpha value is -2.40. The third-order valence-corrected chi connectivity index (χ3v) is 6.23. The molecule has 4 rings (SSSR count). The first-order valence-corrected chi connectivity index (χ1v) is 9.99. The van der Waals surface area contributed by atoms with Crippen molar-refractivity contribution in [2.24, 2.45) is 11.8 Å². The van der Waals surface area contributed by atoms with Gasteiger partial charge in [-0.15, -0.1) is 11.3 Å². The van der Waals surface area contributed by atoms with Crippen molar-refractivity contribution in [3.8, 4) is 0 Å². The molecule has 4 nitrogen and oxygen atoms in total. The lowest BCUT2D eigenvalue weighted by molar-refractivity contribution is -0.118. The minimum atomic E-state index is -0.267. The van der Waals surface area contributed by atoms with Crippen LogP contribution in [0.25, 0.3) is 6.08 Å². The van der Waals surface area contributed by atoms with Gasteiger partial charge >= 0.3 is 0 Å². The minimum Gasteiger partial charge on any atom is -0.348 e. The van der Waals surface area contributed by atoms with Gasteiger partial charge in [0.1, 0.15) is 5.70 Å². The molecule has 0 unspecified atom stereocenters. The van der Waals surface area contributed by atoms with E-state index in [9.17, 15) is 9.59 Å². The predicted octanol–water partition coefficient (Wildman–Crippen LogP) is 3.82. The van der Waals surface area contributed by atoms with Gasteiger partial charge in [0.25, 0.3) is 11.8 Å². The van der Waals surface area contributed by atoms with Crippen molar-refractivity contribution in [1.29, 1.82) is 0 Å². The molecule has 1 aromatic heterocycles. The third kappa shape index (κ3) is 3.73. The number of benzene rings is 1. The lowest BCUT2D eigenvalue weighted by Crippen LogP contribution is -2.42. The van der Waals surface area contributed by atoms with E-state index in [4.69, 9.17) is 0 Å². The zero-order valence-corrected chi connectivity index (χ0v) is 15.3. The van der Waals surface area contributed by atoms with E-state index < -0.39 is 0 Å². The van der Waals surface area contributed by atoms with Crippen molar-refractivity contribution in [1.82, 2.24) is 10.6 Å². The van der Waals surface area contributed by atoms with Crippen LogP contribution in [0.3, 0.4) is 0 Å². The molecule has 2 aliphatic carbocycles. The molecule has 3 atom stereocenters. The summed E-state index contributed by atoms with van der Waals surface area (Å²) in [6.45, 7) is 0. The van der Waals surface area contributed by atoms with Gasteiger partial charge in [-0.05, 0) is 60.8 Å². The molecule has 2 N–H and O–H groups in total. The van der Waals surface area contributed by atoms with Crippen molar-refractivity contribution in [2.75, 3.05) is 0 Å². The van der Waals surface area contributed by atoms with Crippen LogP contribution < -0.4 is 10.6 Å². The second kappa shape index (κ2) is 7.46. The number of rotatable bonds is 5. The summed E-state index contributed by atoms with van der Waals surface area (Å²) in [5.41, 5.74) is 0.848. The van der Waals surface area contributed by atoms with Gasteiger partial charge in [0.2, 0.25) is 0 Å². The molecule has 2 aliphatic rings. The van der Waals surface area contributed by atoms with Crippen LogP contribution in [-0.4, -0.2) is 17.9 Å². The normalized spacial score (nSPS) is 24.5. The van der Waals surface area contributed by atoms with Crippen LogP contribution in [0.15, 0.2) is 53.5 Å². The summed E-state index contributed by atoms with van der Waals surface area (Å²) in [5, 5.41) is 7.92. The van der Waals surface area contributed by atoms with Gasteiger partial charge in [-0.1, -0.05) is 30.7 Å². The highest BCUT2D eigenvalue weighted by Crippen LogP contribution is 2.44. The highest BCUT2D eigenvalue weighted by molar-refractivity contribution is 7.10. The molecule has 2 bridgehead atoms. The smallest absolute Gasteiger partial charge is 0.268 e. The van der Waals surface area contributed by atoms with Gasteiger partial charge < -0.3 is 10.6 Å². The predicted molar refractivity (Wildman–Crippen MR) is 104 cm³/mol. The van der Waals surface area contributed by atoms with E-state index in [0.717, 1.165) is 17.2 Å². The fraction of sp³-hybridized carbons (Fsp3) is 0.333. The molecule has 0 spiro atoms. The monoisotopic (exact) mass is 366 g/mol. The molecule has 5 heteroatoms. The van der Waals surface area contributed by atoms with Gasteiger partial charge in [0.05, 0.1) is 0 Å². The molecule has 2 amide bonds. The Bertz CT molecular complexity index is 814. The maximum absolute atomic E-state index is 12.9. The Morgan fingerprint density at radius 3 is 2.54 bits per heavy atom. The van der Waals surface area contributed by atoms with E-state index in [1.807, 2.05) is 35.7 Å². The topological polar surface area (TPSA) is 58.2 Å². The van der Waals surface area contributed by atoms with Crippen LogP contribution in [0.4, 0.5) is 0 Å². The molecule has 0 radical (unpaired) electrons. The van der Waals surface area contributed by atoms with Crippen LogP contribution >= 0.6 is 11.3 Å². The van der Waals surface area contributed by atoms with Crippen LogP contribution in [-0.2, 0) is 4.79 Å². The highest BCUT2D eigenvalue weighted by Gasteiger charge is 2.40. The van der Waals surface area contributed by atoms with Gasteiger partial charge in [-0.2, -0.15) is 0 Å². The van der Waals surface area contributed by atoms with E-state index in [1.54, 1.807) is 18.2 Å². The standard InChI is InChI=1S/C21H22N2O2S/c24-20(15-5-2-1-3-6-15)23-19(13-17-7-4-10-26-17)21(25)22-18-12-14-8-9-16(18)11-14/h1-7,10,13-14,16,18H,8-9,11-12H2,(H,22,25)(H,23,24)/b19-13-/t14-,16-,18+/m1/s1. The third-order valence-electron chi connectivity index (χ3n) is 5.41. The maximum Gasteiger partial charge on any atom is 0.268 e. The van der Waals surface area contributed by atoms with Crippen LogP contribution in [0.1, 0.15) is 40.9 Å². The van der Waals surface area contributed by atoms with Crippen molar-refractivity contribution in [2.45, 2.75) is 31.7 Å². The van der Waals surface area contributed by atoms with Gasteiger partial charge in [0, 0.05) is 16.5 Å². The van der Waals surface area contributed by atoms with Crippen molar-refractivity contribution >= 4 is 29.2 Å². The molecular formula is C21H22N2O2S. The second-order valence-corrected chi connectivity index (χ2v) is 8.13. The average Bonchev–Trinajstić information content (AvgIpc) is 3.40. The number of hydrogen-bond donors (Lipinski definition) is 2. The first-order chi connectivity index (χ1) is 12.7. The lowest BCUT2D eigenvalue weighted by atomic mass is 9.95. The van der Waals surface area contributed by atoms with Crippen molar-refractivity contribution < 1.29 is 9.59 Å².